The van der Waals surface area contributed by atoms with E-state index >= 15 is 0 Å². The van der Waals surface area contributed by atoms with Crippen LogP contribution in [0.5, 0.6) is 0 Å². The van der Waals surface area contributed by atoms with E-state index in [1.165, 1.54) is 0 Å². The van der Waals surface area contributed by atoms with Gasteiger partial charge < -0.3 is 4.74 Å². The largest absolute Gasteiger partial charge is 0.458 e. The molecule has 0 aromatic carbocycles. The highest BCUT2D eigenvalue weighted by atomic mass is 127. The Morgan fingerprint density at radius 1 is 1.78 bits per heavy atom. The van der Waals surface area contributed by atoms with Gasteiger partial charge in [-0.3, -0.25) is 4.79 Å². The molecule has 0 N–H and O–H groups in total. The molecule has 0 aromatic heterocycles. The molecule has 1 aliphatic rings. The lowest BCUT2D eigenvalue weighted by Crippen LogP contribution is -2.01. The van der Waals surface area contributed by atoms with Gasteiger partial charge in [-0.25, -0.2) is 0 Å². The first kappa shape index (κ1) is 7.05. The quantitative estimate of drug-likeness (QED) is 0.512. The van der Waals surface area contributed by atoms with Crippen molar-refractivity contribution in [3.05, 3.63) is 10.2 Å². The van der Waals surface area contributed by atoms with Crippen molar-refractivity contribution >= 4 is 28.6 Å². The molecule has 1 heterocycles. The Bertz CT molecular complexity index is 142. The van der Waals surface area contributed by atoms with Gasteiger partial charge in [0.15, 0.2) is 0 Å². The molecule has 9 heavy (non-hydrogen) atoms. The van der Waals surface area contributed by atoms with Crippen molar-refractivity contribution in [1.82, 2.24) is 0 Å². The number of rotatable bonds is 1. The maximum Gasteiger partial charge on any atom is 0.306 e. The molecule has 50 valence electrons. The molecule has 0 saturated carbocycles. The molecule has 0 bridgehead atoms. The van der Waals surface area contributed by atoms with E-state index in [0.717, 1.165) is 6.42 Å². The summed E-state index contributed by atoms with van der Waals surface area (Å²) >= 11 is 2.11. The number of hydrogen-bond acceptors (Lipinski definition) is 2. The predicted octanol–water partition coefficient (Wildman–Crippen LogP) is 1.64. The molecule has 1 fully saturated rings. The normalized spacial score (nSPS) is 27.2. The van der Waals surface area contributed by atoms with E-state index in [-0.39, 0.29) is 12.1 Å². The Balaban J connectivity index is 2.39. The minimum atomic E-state index is -0.0745. The fraction of sp³-hybridized carbons (Fsp3) is 0.500. The fourth-order valence-corrected chi connectivity index (χ4v) is 1.23. The van der Waals surface area contributed by atoms with Gasteiger partial charge in [-0.05, 0) is 16.6 Å². The van der Waals surface area contributed by atoms with Crippen LogP contribution in [-0.4, -0.2) is 12.1 Å². The van der Waals surface area contributed by atoms with Crippen LogP contribution >= 0.6 is 22.6 Å². The molecule has 0 amide bonds. The second-order valence-corrected chi connectivity index (χ2v) is 2.60. The van der Waals surface area contributed by atoms with Crippen LogP contribution in [0.1, 0.15) is 12.8 Å². The van der Waals surface area contributed by atoms with Crippen LogP contribution < -0.4 is 0 Å². The second-order valence-electron chi connectivity index (χ2n) is 1.89. The Hall–Kier alpha value is -0.0600. The Morgan fingerprint density at radius 2 is 2.56 bits per heavy atom. The number of cyclic esters (lactones) is 1. The van der Waals surface area contributed by atoms with Gasteiger partial charge in [-0.1, -0.05) is 22.6 Å². The minimum Gasteiger partial charge on any atom is -0.458 e. The summed E-state index contributed by atoms with van der Waals surface area (Å²) in [4.78, 5) is 10.5. The van der Waals surface area contributed by atoms with Gasteiger partial charge in [0.25, 0.3) is 0 Å². The van der Waals surface area contributed by atoms with E-state index in [2.05, 4.69) is 22.6 Å². The summed E-state index contributed by atoms with van der Waals surface area (Å²) in [5.41, 5.74) is 0. The zero-order valence-electron chi connectivity index (χ0n) is 4.84. The van der Waals surface area contributed by atoms with Crippen LogP contribution in [0, 0.1) is 0 Å². The molecule has 1 saturated heterocycles. The second kappa shape index (κ2) is 3.20. The first-order chi connectivity index (χ1) is 4.33. The molecule has 0 aliphatic carbocycles. The van der Waals surface area contributed by atoms with Gasteiger partial charge in [0, 0.05) is 6.42 Å². The van der Waals surface area contributed by atoms with E-state index in [9.17, 15) is 4.79 Å². The van der Waals surface area contributed by atoms with E-state index in [0.29, 0.717) is 6.42 Å². The van der Waals surface area contributed by atoms with Crippen molar-refractivity contribution in [3.63, 3.8) is 0 Å². The number of ether oxygens (including phenoxy) is 1. The smallest absolute Gasteiger partial charge is 0.306 e. The predicted molar refractivity (Wildman–Crippen MR) is 42.3 cm³/mol. The van der Waals surface area contributed by atoms with Gasteiger partial charge in [-0.2, -0.15) is 0 Å². The summed E-state index contributed by atoms with van der Waals surface area (Å²) in [7, 11) is 0. The average molecular weight is 238 g/mol. The fourth-order valence-electron chi connectivity index (χ4n) is 0.763. The molecule has 0 spiro atoms. The van der Waals surface area contributed by atoms with Crippen molar-refractivity contribution < 1.29 is 9.53 Å². The number of esters is 1. The van der Waals surface area contributed by atoms with Gasteiger partial charge in [-0.15, -0.1) is 0 Å². The Morgan fingerprint density at radius 3 is 3.00 bits per heavy atom. The van der Waals surface area contributed by atoms with Crippen molar-refractivity contribution in [2.24, 2.45) is 0 Å². The summed E-state index contributed by atoms with van der Waals surface area (Å²) in [6.45, 7) is 0. The summed E-state index contributed by atoms with van der Waals surface area (Å²) in [6.07, 6.45) is 3.37. The summed E-state index contributed by atoms with van der Waals surface area (Å²) < 4.78 is 6.75. The van der Waals surface area contributed by atoms with Crippen molar-refractivity contribution in [2.75, 3.05) is 0 Å². The Labute approximate surface area is 67.4 Å². The number of carbonyl (C=O) groups excluding carboxylic acids is 1. The maximum absolute atomic E-state index is 10.5. The Kier molecular flexibility index (Phi) is 2.50. The zero-order valence-corrected chi connectivity index (χ0v) is 7.00. The number of hydrogen-bond donors (Lipinski definition) is 0. The first-order valence-electron chi connectivity index (χ1n) is 2.79. The zero-order chi connectivity index (χ0) is 6.69. The lowest BCUT2D eigenvalue weighted by molar-refractivity contribution is -0.139. The SMILES string of the molecule is O=C1CC[C@@H](/C=C/I)O1. The highest BCUT2D eigenvalue weighted by Crippen LogP contribution is 2.14. The molecular formula is C6H7IO2. The van der Waals surface area contributed by atoms with Crippen LogP contribution in [0.15, 0.2) is 10.2 Å². The third-order valence-corrected chi connectivity index (χ3v) is 1.62. The molecule has 1 atom stereocenters. The molecule has 0 radical (unpaired) electrons. The van der Waals surface area contributed by atoms with Crippen LogP contribution in [-0.2, 0) is 9.53 Å². The van der Waals surface area contributed by atoms with Crippen LogP contribution in [0.4, 0.5) is 0 Å². The van der Waals surface area contributed by atoms with E-state index in [1.54, 1.807) is 0 Å². The van der Waals surface area contributed by atoms with Crippen LogP contribution in [0.2, 0.25) is 0 Å². The van der Waals surface area contributed by atoms with Gasteiger partial charge in [0.1, 0.15) is 6.10 Å². The summed E-state index contributed by atoms with van der Waals surface area (Å²) in [5.74, 6) is -0.0745. The highest BCUT2D eigenvalue weighted by Gasteiger charge is 2.19. The monoisotopic (exact) mass is 238 g/mol. The van der Waals surface area contributed by atoms with E-state index in [1.807, 2.05) is 10.2 Å². The van der Waals surface area contributed by atoms with Crippen molar-refractivity contribution in [1.29, 1.82) is 0 Å². The molecule has 2 nitrogen and oxygen atoms in total. The highest BCUT2D eigenvalue weighted by molar-refractivity contribution is 14.1. The molecule has 1 aliphatic heterocycles. The van der Waals surface area contributed by atoms with Crippen molar-refractivity contribution in [2.45, 2.75) is 18.9 Å². The summed E-state index contributed by atoms with van der Waals surface area (Å²) in [5, 5.41) is 0. The topological polar surface area (TPSA) is 26.3 Å². The molecule has 3 heteroatoms. The molecule has 1 rings (SSSR count). The third-order valence-electron chi connectivity index (χ3n) is 1.20. The third kappa shape index (κ3) is 1.97. The number of halogens is 1. The standard InChI is InChI=1S/C6H7IO2/c7-4-3-5-1-2-6(8)9-5/h3-5H,1-2H2/b4-3+/t5-/m0/s1. The van der Waals surface area contributed by atoms with Gasteiger partial charge >= 0.3 is 5.97 Å². The summed E-state index contributed by atoms with van der Waals surface area (Å²) in [6, 6.07) is 0. The lowest BCUT2D eigenvalue weighted by atomic mass is 10.2. The van der Waals surface area contributed by atoms with E-state index in [4.69, 9.17) is 4.74 Å². The molecule has 0 unspecified atom stereocenters. The lowest BCUT2D eigenvalue weighted by Gasteiger charge is -1.98. The van der Waals surface area contributed by atoms with Gasteiger partial charge in [0.05, 0.1) is 0 Å². The average Bonchev–Trinajstić information content (AvgIpc) is 2.17. The van der Waals surface area contributed by atoms with Crippen molar-refractivity contribution in [3.8, 4) is 0 Å². The van der Waals surface area contributed by atoms with E-state index < -0.39 is 0 Å². The van der Waals surface area contributed by atoms with Crippen LogP contribution in [0.25, 0.3) is 0 Å². The first-order valence-corrected chi connectivity index (χ1v) is 4.04. The van der Waals surface area contributed by atoms with Crippen LogP contribution in [0.3, 0.4) is 0 Å². The number of carbonyl (C=O) groups is 1. The molecule has 0 aromatic rings. The molecular weight excluding hydrogens is 231 g/mol. The minimum absolute atomic E-state index is 0.0504. The van der Waals surface area contributed by atoms with Gasteiger partial charge in [0.2, 0.25) is 0 Å². The maximum atomic E-state index is 10.5.